The molecular weight excluding hydrogens is 387 g/mol. The summed E-state index contributed by atoms with van der Waals surface area (Å²) >= 11 is 0. The van der Waals surface area contributed by atoms with E-state index in [9.17, 15) is 0 Å². The predicted molar refractivity (Wildman–Crippen MR) is 105 cm³/mol. The van der Waals surface area contributed by atoms with Gasteiger partial charge in [0.2, 0.25) is 0 Å². The number of halogens is 1. The van der Waals surface area contributed by atoms with Crippen molar-refractivity contribution in [2.75, 3.05) is 26.2 Å². The minimum atomic E-state index is 0. The standard InChI is InChI=1S/C17H28N4.HI/c1-14(2)20-17(18)19-12-16-9-11-21(13-16)10-8-15-6-4-3-5-7-15;/h3-7,14,16H,8-13H2,1-2H3,(H3,18,19,20);1H. The van der Waals surface area contributed by atoms with Gasteiger partial charge in [-0.05, 0) is 44.7 Å². The molecule has 0 amide bonds. The van der Waals surface area contributed by atoms with E-state index in [0.29, 0.717) is 17.9 Å². The van der Waals surface area contributed by atoms with Crippen LogP contribution in [0, 0.1) is 5.92 Å². The molecule has 1 aliphatic rings. The smallest absolute Gasteiger partial charge is 0.188 e. The van der Waals surface area contributed by atoms with Gasteiger partial charge in [-0.15, -0.1) is 24.0 Å². The summed E-state index contributed by atoms with van der Waals surface area (Å²) in [7, 11) is 0. The van der Waals surface area contributed by atoms with Gasteiger partial charge < -0.3 is 16.0 Å². The van der Waals surface area contributed by atoms with E-state index < -0.39 is 0 Å². The average Bonchev–Trinajstić information content (AvgIpc) is 2.91. The summed E-state index contributed by atoms with van der Waals surface area (Å²) in [5.74, 6) is 1.22. The Bertz CT molecular complexity index is 447. The number of hydrogen-bond donors (Lipinski definition) is 2. The van der Waals surface area contributed by atoms with Gasteiger partial charge in [-0.2, -0.15) is 0 Å². The van der Waals surface area contributed by atoms with Crippen LogP contribution < -0.4 is 11.1 Å². The quantitative estimate of drug-likeness (QED) is 0.426. The zero-order valence-corrected chi connectivity index (χ0v) is 16.0. The summed E-state index contributed by atoms with van der Waals surface area (Å²) in [4.78, 5) is 7.00. The lowest BCUT2D eigenvalue weighted by atomic mass is 10.1. The molecule has 1 aromatic rings. The maximum Gasteiger partial charge on any atom is 0.188 e. The molecule has 1 aliphatic heterocycles. The maximum atomic E-state index is 5.85. The van der Waals surface area contributed by atoms with E-state index in [-0.39, 0.29) is 24.0 Å². The van der Waals surface area contributed by atoms with Gasteiger partial charge in [-0.3, -0.25) is 4.99 Å². The van der Waals surface area contributed by atoms with Gasteiger partial charge in [0.25, 0.3) is 0 Å². The van der Waals surface area contributed by atoms with E-state index in [1.54, 1.807) is 0 Å². The third kappa shape index (κ3) is 6.96. The largest absolute Gasteiger partial charge is 0.370 e. The topological polar surface area (TPSA) is 53.6 Å². The van der Waals surface area contributed by atoms with E-state index in [2.05, 4.69) is 59.4 Å². The summed E-state index contributed by atoms with van der Waals surface area (Å²) in [5, 5.41) is 3.14. The molecule has 22 heavy (non-hydrogen) atoms. The summed E-state index contributed by atoms with van der Waals surface area (Å²) in [6, 6.07) is 11.1. The Labute approximate surface area is 151 Å². The Morgan fingerprint density at radius 3 is 2.77 bits per heavy atom. The van der Waals surface area contributed by atoms with Crippen LogP contribution in [-0.2, 0) is 6.42 Å². The predicted octanol–water partition coefficient (Wildman–Crippen LogP) is 2.48. The minimum Gasteiger partial charge on any atom is -0.370 e. The van der Waals surface area contributed by atoms with Crippen molar-refractivity contribution in [3.63, 3.8) is 0 Å². The zero-order chi connectivity index (χ0) is 15.1. The molecule has 2 rings (SSSR count). The number of guanidine groups is 1. The lowest BCUT2D eigenvalue weighted by Crippen LogP contribution is -2.37. The third-order valence-corrected chi connectivity index (χ3v) is 3.89. The van der Waals surface area contributed by atoms with E-state index in [1.165, 1.54) is 18.5 Å². The minimum absolute atomic E-state index is 0. The van der Waals surface area contributed by atoms with Gasteiger partial charge in [-0.25, -0.2) is 0 Å². The first-order chi connectivity index (χ1) is 10.1. The molecule has 3 N–H and O–H groups in total. The van der Waals surface area contributed by atoms with E-state index in [4.69, 9.17) is 5.73 Å². The van der Waals surface area contributed by atoms with Crippen molar-refractivity contribution in [3.8, 4) is 0 Å². The van der Waals surface area contributed by atoms with Gasteiger partial charge in [0.05, 0.1) is 0 Å². The van der Waals surface area contributed by atoms with Crippen molar-refractivity contribution in [1.82, 2.24) is 10.2 Å². The van der Waals surface area contributed by atoms with Crippen molar-refractivity contribution < 1.29 is 0 Å². The number of hydrogen-bond acceptors (Lipinski definition) is 2. The molecule has 1 aromatic carbocycles. The van der Waals surface area contributed by atoms with Crippen molar-refractivity contribution in [1.29, 1.82) is 0 Å². The highest BCUT2D eigenvalue weighted by atomic mass is 127. The van der Waals surface area contributed by atoms with Gasteiger partial charge >= 0.3 is 0 Å². The average molecular weight is 416 g/mol. The van der Waals surface area contributed by atoms with Crippen LogP contribution in [0.1, 0.15) is 25.8 Å². The Morgan fingerprint density at radius 1 is 1.36 bits per heavy atom. The van der Waals surface area contributed by atoms with Crippen molar-refractivity contribution >= 4 is 29.9 Å². The Hall–Kier alpha value is -0.820. The SMILES string of the molecule is CC(C)NC(N)=NCC1CCN(CCc2ccccc2)C1.I. The van der Waals surface area contributed by atoms with Crippen molar-refractivity contribution in [2.45, 2.75) is 32.7 Å². The van der Waals surface area contributed by atoms with Crippen molar-refractivity contribution in [3.05, 3.63) is 35.9 Å². The Morgan fingerprint density at radius 2 is 2.09 bits per heavy atom. The number of benzene rings is 1. The second kappa shape index (κ2) is 10.0. The van der Waals surface area contributed by atoms with E-state index in [1.807, 2.05) is 0 Å². The molecule has 5 heteroatoms. The van der Waals surface area contributed by atoms with Crippen LogP contribution in [0.4, 0.5) is 0 Å². The third-order valence-electron chi connectivity index (χ3n) is 3.89. The van der Waals surface area contributed by atoms with E-state index >= 15 is 0 Å². The molecule has 0 saturated carbocycles. The lowest BCUT2D eigenvalue weighted by molar-refractivity contribution is 0.329. The molecule has 1 unspecified atom stereocenters. The van der Waals surface area contributed by atoms with Crippen LogP contribution in [0.15, 0.2) is 35.3 Å². The number of aliphatic imine (C=N–C) groups is 1. The monoisotopic (exact) mass is 416 g/mol. The molecule has 1 saturated heterocycles. The van der Waals surface area contributed by atoms with Crippen LogP contribution in [0.3, 0.4) is 0 Å². The van der Waals surface area contributed by atoms with Crippen LogP contribution in [-0.4, -0.2) is 43.1 Å². The number of nitrogens with two attached hydrogens (primary N) is 1. The van der Waals surface area contributed by atoms with Gasteiger partial charge in [0.1, 0.15) is 0 Å². The molecule has 1 atom stereocenters. The molecule has 0 bridgehead atoms. The normalized spacial score (nSPS) is 19.2. The first-order valence-electron chi connectivity index (χ1n) is 7.96. The Kier molecular flexibility index (Phi) is 8.78. The summed E-state index contributed by atoms with van der Waals surface area (Å²) in [5.41, 5.74) is 7.27. The highest BCUT2D eigenvalue weighted by Gasteiger charge is 2.21. The first-order valence-corrected chi connectivity index (χ1v) is 7.96. The van der Waals surface area contributed by atoms with Crippen LogP contribution >= 0.6 is 24.0 Å². The molecule has 124 valence electrons. The number of nitrogens with one attached hydrogen (secondary N) is 1. The van der Waals surface area contributed by atoms with Crippen molar-refractivity contribution in [2.24, 2.45) is 16.6 Å². The fourth-order valence-electron chi connectivity index (χ4n) is 2.77. The number of rotatable bonds is 6. The van der Waals surface area contributed by atoms with Gasteiger partial charge in [0.15, 0.2) is 5.96 Å². The first kappa shape index (κ1) is 19.2. The van der Waals surface area contributed by atoms with Crippen LogP contribution in [0.25, 0.3) is 0 Å². The summed E-state index contributed by atoms with van der Waals surface area (Å²) in [6.07, 6.45) is 2.36. The molecule has 0 spiro atoms. The number of nitrogens with zero attached hydrogens (tertiary/aromatic N) is 2. The highest BCUT2D eigenvalue weighted by Crippen LogP contribution is 2.17. The molecule has 4 nitrogen and oxygen atoms in total. The van der Waals surface area contributed by atoms with Crippen LogP contribution in [0.2, 0.25) is 0 Å². The second-order valence-corrected chi connectivity index (χ2v) is 6.22. The van der Waals surface area contributed by atoms with E-state index in [0.717, 1.165) is 26.1 Å². The molecule has 0 aliphatic carbocycles. The highest BCUT2D eigenvalue weighted by molar-refractivity contribution is 14.0. The Balaban J connectivity index is 0.00000242. The summed E-state index contributed by atoms with van der Waals surface area (Å²) < 4.78 is 0. The molecule has 0 aromatic heterocycles. The summed E-state index contributed by atoms with van der Waals surface area (Å²) in [6.45, 7) is 8.46. The maximum absolute atomic E-state index is 5.85. The van der Waals surface area contributed by atoms with Gasteiger partial charge in [-0.1, -0.05) is 30.3 Å². The van der Waals surface area contributed by atoms with Gasteiger partial charge in [0, 0.05) is 25.7 Å². The second-order valence-electron chi connectivity index (χ2n) is 6.22. The fourth-order valence-corrected chi connectivity index (χ4v) is 2.77. The fraction of sp³-hybridized carbons (Fsp3) is 0.588. The zero-order valence-electron chi connectivity index (χ0n) is 13.7. The number of likely N-dealkylation sites (tertiary alicyclic amines) is 1. The lowest BCUT2D eigenvalue weighted by Gasteiger charge is -2.15. The molecule has 1 fully saturated rings. The van der Waals surface area contributed by atoms with Crippen LogP contribution in [0.5, 0.6) is 0 Å². The molecular formula is C17H29IN4. The molecule has 0 radical (unpaired) electrons. The molecule has 1 heterocycles.